The quantitative estimate of drug-likeness (QED) is 0.484. The Bertz CT molecular complexity index is 524. The maximum atomic E-state index is 11.2. The van der Waals surface area contributed by atoms with Crippen LogP contribution in [0.2, 0.25) is 0 Å². The minimum absolute atomic E-state index is 0.126. The number of thiophene rings is 1. The number of esters is 2. The fraction of sp³-hybridized carbons (Fsp3) is 0. The van der Waals surface area contributed by atoms with E-state index in [4.69, 9.17) is 0 Å². The zero-order valence-corrected chi connectivity index (χ0v) is 7.63. The molecule has 68 valence electrons. The van der Waals surface area contributed by atoms with Gasteiger partial charge in [0.25, 0.3) is 0 Å². The molecule has 0 aromatic carbocycles. The van der Waals surface area contributed by atoms with Gasteiger partial charge in [0.15, 0.2) is 5.69 Å². The smallest absolute Gasteiger partial charge is 0.365 e. The number of cyclic esters (lactones) is 2. The summed E-state index contributed by atoms with van der Waals surface area (Å²) in [6.45, 7) is 0. The fourth-order valence-corrected chi connectivity index (χ4v) is 2.12. The van der Waals surface area contributed by atoms with Crippen molar-refractivity contribution in [1.82, 2.24) is 4.98 Å². The molecule has 4 nitrogen and oxygen atoms in total. The van der Waals surface area contributed by atoms with Gasteiger partial charge in [0.2, 0.25) is 0 Å². The molecule has 2 aromatic heterocycles. The van der Waals surface area contributed by atoms with Crippen molar-refractivity contribution in [3.05, 3.63) is 28.1 Å². The number of fused-ring (bicyclic) bond motifs is 2. The molecule has 3 heterocycles. The van der Waals surface area contributed by atoms with E-state index in [-0.39, 0.29) is 11.3 Å². The van der Waals surface area contributed by atoms with Crippen molar-refractivity contribution in [2.45, 2.75) is 0 Å². The Morgan fingerprint density at radius 3 is 2.93 bits per heavy atom. The number of carbonyl (C=O) groups excluding carboxylic acids is 2. The predicted molar refractivity (Wildman–Crippen MR) is 49.4 cm³/mol. The number of pyridine rings is 1. The van der Waals surface area contributed by atoms with Crippen LogP contribution in [-0.2, 0) is 4.74 Å². The molecule has 14 heavy (non-hydrogen) atoms. The second-order valence-corrected chi connectivity index (χ2v) is 3.65. The summed E-state index contributed by atoms with van der Waals surface area (Å²) in [5, 5.41) is 4.56. The molecule has 5 heteroatoms. The van der Waals surface area contributed by atoms with Gasteiger partial charge in [-0.2, -0.15) is 0 Å². The monoisotopic (exact) mass is 205 g/mol. The van der Waals surface area contributed by atoms with Gasteiger partial charge in [-0.05, 0) is 6.07 Å². The van der Waals surface area contributed by atoms with E-state index in [1.807, 2.05) is 10.8 Å². The molecule has 0 N–H and O–H groups in total. The molecule has 1 aliphatic heterocycles. The van der Waals surface area contributed by atoms with Gasteiger partial charge in [-0.1, -0.05) is 0 Å². The first-order valence-corrected chi connectivity index (χ1v) is 4.83. The molecule has 0 spiro atoms. The van der Waals surface area contributed by atoms with Crippen LogP contribution < -0.4 is 0 Å². The summed E-state index contributed by atoms with van der Waals surface area (Å²) in [4.78, 5) is 26.4. The molecule has 0 atom stereocenters. The average molecular weight is 205 g/mol. The molecular weight excluding hydrogens is 202 g/mol. The van der Waals surface area contributed by atoms with Crippen LogP contribution in [0, 0.1) is 0 Å². The van der Waals surface area contributed by atoms with Gasteiger partial charge in [0, 0.05) is 16.1 Å². The molecule has 0 radical (unpaired) electrons. The molecule has 0 saturated carbocycles. The minimum Gasteiger partial charge on any atom is -0.384 e. The molecule has 1 aliphatic rings. The largest absolute Gasteiger partial charge is 0.384 e. The van der Waals surface area contributed by atoms with E-state index in [1.165, 1.54) is 11.3 Å². The Kier molecular flexibility index (Phi) is 1.30. The maximum absolute atomic E-state index is 11.2. The summed E-state index contributed by atoms with van der Waals surface area (Å²) < 4.78 is 4.44. The van der Waals surface area contributed by atoms with Crippen LogP contribution in [-0.4, -0.2) is 16.9 Å². The van der Waals surface area contributed by atoms with Crippen molar-refractivity contribution < 1.29 is 14.3 Å². The van der Waals surface area contributed by atoms with Crippen LogP contribution in [0.15, 0.2) is 16.8 Å². The third-order valence-electron chi connectivity index (χ3n) is 2.06. The van der Waals surface area contributed by atoms with Crippen LogP contribution in [0.3, 0.4) is 0 Å². The molecule has 0 bridgehead atoms. The van der Waals surface area contributed by atoms with Crippen LogP contribution >= 0.6 is 11.3 Å². The number of carbonyl (C=O) groups is 2. The van der Waals surface area contributed by atoms with Crippen LogP contribution in [0.1, 0.15) is 20.8 Å². The summed E-state index contributed by atoms with van der Waals surface area (Å²) in [6.07, 6.45) is 0. The average Bonchev–Trinajstić information content (AvgIpc) is 2.70. The zero-order chi connectivity index (χ0) is 9.71. The van der Waals surface area contributed by atoms with Gasteiger partial charge in [-0.15, -0.1) is 11.3 Å². The molecule has 0 amide bonds. The van der Waals surface area contributed by atoms with Gasteiger partial charge in [0.05, 0.1) is 11.1 Å². The predicted octanol–water partition coefficient (Wildman–Crippen LogP) is 1.61. The van der Waals surface area contributed by atoms with Crippen LogP contribution in [0.5, 0.6) is 0 Å². The summed E-state index contributed by atoms with van der Waals surface area (Å²) in [6, 6.07) is 1.64. The van der Waals surface area contributed by atoms with Gasteiger partial charge < -0.3 is 4.74 Å². The highest BCUT2D eigenvalue weighted by molar-refractivity contribution is 7.09. The molecular formula is C9H3NO3S. The number of hydrogen-bond donors (Lipinski definition) is 0. The van der Waals surface area contributed by atoms with Crippen molar-refractivity contribution in [3.63, 3.8) is 0 Å². The molecule has 0 fully saturated rings. The van der Waals surface area contributed by atoms with Crippen molar-refractivity contribution in [2.75, 3.05) is 0 Å². The van der Waals surface area contributed by atoms with E-state index in [9.17, 15) is 9.59 Å². The fourth-order valence-electron chi connectivity index (χ4n) is 1.40. The third-order valence-corrected chi connectivity index (χ3v) is 2.81. The van der Waals surface area contributed by atoms with E-state index >= 15 is 0 Å². The summed E-state index contributed by atoms with van der Waals surface area (Å²) in [5.74, 6) is -1.26. The summed E-state index contributed by atoms with van der Waals surface area (Å²) >= 11 is 1.48. The first-order chi connectivity index (χ1) is 6.75. The number of rotatable bonds is 0. The normalized spacial score (nSPS) is 14.6. The Morgan fingerprint density at radius 2 is 2.07 bits per heavy atom. The van der Waals surface area contributed by atoms with Gasteiger partial charge >= 0.3 is 11.9 Å². The van der Waals surface area contributed by atoms with E-state index in [2.05, 4.69) is 9.72 Å². The zero-order valence-electron chi connectivity index (χ0n) is 6.81. The van der Waals surface area contributed by atoms with Crippen molar-refractivity contribution >= 4 is 34.2 Å². The number of hydrogen-bond acceptors (Lipinski definition) is 5. The van der Waals surface area contributed by atoms with E-state index in [1.54, 1.807) is 6.07 Å². The second-order valence-electron chi connectivity index (χ2n) is 2.91. The first-order valence-electron chi connectivity index (χ1n) is 3.89. The lowest BCUT2D eigenvalue weighted by atomic mass is 10.2. The SMILES string of the molecule is O=C1OC(=O)c2nc3cscc3cc21. The van der Waals surface area contributed by atoms with Crippen LogP contribution in [0.25, 0.3) is 10.9 Å². The molecule has 0 unspecified atom stereocenters. The lowest BCUT2D eigenvalue weighted by Gasteiger charge is -1.91. The van der Waals surface area contributed by atoms with E-state index in [0.717, 1.165) is 10.9 Å². The standard InChI is InChI=1S/C9H3NO3S/c11-8-5-1-4-2-14-3-6(4)10-7(5)9(12)13-8/h1-3H. The maximum Gasteiger partial charge on any atom is 0.365 e. The molecule has 3 rings (SSSR count). The second kappa shape index (κ2) is 2.39. The Morgan fingerprint density at radius 1 is 1.21 bits per heavy atom. The lowest BCUT2D eigenvalue weighted by Crippen LogP contribution is -1.97. The Hall–Kier alpha value is -1.75. The summed E-state index contributed by atoms with van der Waals surface area (Å²) in [7, 11) is 0. The van der Waals surface area contributed by atoms with Crippen LogP contribution in [0.4, 0.5) is 0 Å². The highest BCUT2D eigenvalue weighted by atomic mass is 32.1. The van der Waals surface area contributed by atoms with E-state index in [0.29, 0.717) is 0 Å². The topological polar surface area (TPSA) is 56.3 Å². The molecule has 2 aromatic rings. The Labute approximate surface area is 82.1 Å². The highest BCUT2D eigenvalue weighted by Gasteiger charge is 2.31. The summed E-state index contributed by atoms with van der Waals surface area (Å²) in [5.41, 5.74) is 1.11. The highest BCUT2D eigenvalue weighted by Crippen LogP contribution is 2.25. The van der Waals surface area contributed by atoms with E-state index < -0.39 is 11.9 Å². The third kappa shape index (κ3) is 0.843. The lowest BCUT2D eigenvalue weighted by molar-refractivity contribution is 0.0441. The van der Waals surface area contributed by atoms with Gasteiger partial charge in [-0.3, -0.25) is 0 Å². The number of nitrogens with zero attached hydrogens (tertiary/aromatic N) is 1. The van der Waals surface area contributed by atoms with Crippen molar-refractivity contribution in [2.24, 2.45) is 0 Å². The molecule has 0 saturated heterocycles. The first kappa shape index (κ1) is 7.64. The number of aromatic nitrogens is 1. The minimum atomic E-state index is -0.655. The Balaban J connectivity index is 2.43. The van der Waals surface area contributed by atoms with Gasteiger partial charge in [0.1, 0.15) is 0 Å². The van der Waals surface area contributed by atoms with Crippen molar-refractivity contribution in [3.8, 4) is 0 Å². The van der Waals surface area contributed by atoms with Crippen molar-refractivity contribution in [1.29, 1.82) is 0 Å². The number of ether oxygens (including phenoxy) is 1. The molecule has 0 aliphatic carbocycles. The van der Waals surface area contributed by atoms with Gasteiger partial charge in [-0.25, -0.2) is 14.6 Å².